The average Bonchev–Trinajstić information content (AvgIpc) is 3.23. The molecular formula is C23H21N3O4S. The van der Waals surface area contributed by atoms with Crippen LogP contribution in [0, 0.1) is 0 Å². The Balaban J connectivity index is 1.28. The molecular weight excluding hydrogens is 414 g/mol. The van der Waals surface area contributed by atoms with E-state index in [1.807, 2.05) is 49.4 Å². The van der Waals surface area contributed by atoms with Crippen molar-refractivity contribution in [3.63, 3.8) is 0 Å². The molecule has 0 bridgehead atoms. The number of amides is 3. The first-order chi connectivity index (χ1) is 15.1. The lowest BCUT2D eigenvalue weighted by Crippen LogP contribution is -2.22. The first-order valence-electron chi connectivity index (χ1n) is 9.67. The summed E-state index contributed by atoms with van der Waals surface area (Å²) in [6.07, 6.45) is 0. The summed E-state index contributed by atoms with van der Waals surface area (Å²) in [4.78, 5) is 25.5. The molecule has 3 N–H and O–H groups in total. The number of hydrogen-bond acceptors (Lipinski definition) is 5. The molecule has 3 aromatic rings. The highest BCUT2D eigenvalue weighted by molar-refractivity contribution is 8.00. The Kier molecular flexibility index (Phi) is 6.28. The van der Waals surface area contributed by atoms with Crippen LogP contribution < -0.4 is 25.4 Å². The third kappa shape index (κ3) is 5.49. The van der Waals surface area contributed by atoms with E-state index in [-0.39, 0.29) is 24.0 Å². The van der Waals surface area contributed by atoms with E-state index in [2.05, 4.69) is 16.0 Å². The molecule has 1 aliphatic rings. The molecule has 8 heteroatoms. The summed E-state index contributed by atoms with van der Waals surface area (Å²) in [6, 6.07) is 21.5. The Hall–Kier alpha value is -3.65. The second kappa shape index (κ2) is 9.44. The number of fused-ring (bicyclic) bond motifs is 1. The molecule has 3 amide bonds. The molecule has 1 aliphatic heterocycles. The molecule has 1 unspecified atom stereocenters. The lowest BCUT2D eigenvalue weighted by atomic mass is 10.2. The van der Waals surface area contributed by atoms with Gasteiger partial charge in [0, 0.05) is 28.0 Å². The lowest BCUT2D eigenvalue weighted by Gasteiger charge is -2.13. The monoisotopic (exact) mass is 435 g/mol. The van der Waals surface area contributed by atoms with E-state index in [9.17, 15) is 9.59 Å². The van der Waals surface area contributed by atoms with Gasteiger partial charge >= 0.3 is 6.03 Å². The average molecular weight is 436 g/mol. The maximum absolute atomic E-state index is 12.5. The van der Waals surface area contributed by atoms with Crippen LogP contribution in [-0.4, -0.2) is 24.0 Å². The van der Waals surface area contributed by atoms with Crippen molar-refractivity contribution in [2.45, 2.75) is 17.1 Å². The van der Waals surface area contributed by atoms with Gasteiger partial charge in [0.1, 0.15) is 0 Å². The topological polar surface area (TPSA) is 88.7 Å². The minimum Gasteiger partial charge on any atom is -0.454 e. The first kappa shape index (κ1) is 20.6. The zero-order valence-corrected chi connectivity index (χ0v) is 17.6. The zero-order valence-electron chi connectivity index (χ0n) is 16.8. The van der Waals surface area contributed by atoms with E-state index >= 15 is 0 Å². The Morgan fingerprint density at radius 2 is 1.45 bits per heavy atom. The molecule has 1 heterocycles. The fourth-order valence-electron chi connectivity index (χ4n) is 2.91. The molecule has 31 heavy (non-hydrogen) atoms. The quantitative estimate of drug-likeness (QED) is 0.465. The Bertz CT molecular complexity index is 1070. The van der Waals surface area contributed by atoms with E-state index in [0.717, 1.165) is 10.6 Å². The molecule has 0 saturated carbocycles. The van der Waals surface area contributed by atoms with Gasteiger partial charge in [0.15, 0.2) is 11.5 Å². The SMILES string of the molecule is CC(Sc1ccc(NC(=O)Nc2ccccc2)cc1)C(=O)Nc1ccc2c(c1)OCO2. The van der Waals surface area contributed by atoms with Gasteiger partial charge in [0.2, 0.25) is 12.7 Å². The third-order valence-electron chi connectivity index (χ3n) is 4.47. The van der Waals surface area contributed by atoms with Gasteiger partial charge in [-0.1, -0.05) is 18.2 Å². The summed E-state index contributed by atoms with van der Waals surface area (Å²) >= 11 is 1.43. The van der Waals surface area contributed by atoms with Crippen LogP contribution in [0.3, 0.4) is 0 Å². The molecule has 0 radical (unpaired) electrons. The molecule has 3 aromatic carbocycles. The molecule has 0 aliphatic carbocycles. The summed E-state index contributed by atoms with van der Waals surface area (Å²) in [5, 5.41) is 8.13. The van der Waals surface area contributed by atoms with Crippen LogP contribution in [0.25, 0.3) is 0 Å². The van der Waals surface area contributed by atoms with Gasteiger partial charge in [-0.25, -0.2) is 4.79 Å². The van der Waals surface area contributed by atoms with Crippen LogP contribution in [-0.2, 0) is 4.79 Å². The predicted octanol–water partition coefficient (Wildman–Crippen LogP) is 5.18. The smallest absolute Gasteiger partial charge is 0.323 e. The van der Waals surface area contributed by atoms with Crippen molar-refractivity contribution in [1.82, 2.24) is 0 Å². The number of para-hydroxylation sites is 1. The molecule has 158 valence electrons. The molecule has 1 atom stereocenters. The number of anilines is 3. The maximum Gasteiger partial charge on any atom is 0.323 e. The van der Waals surface area contributed by atoms with Crippen molar-refractivity contribution in [3.8, 4) is 11.5 Å². The molecule has 4 rings (SSSR count). The van der Waals surface area contributed by atoms with Crippen molar-refractivity contribution < 1.29 is 19.1 Å². The maximum atomic E-state index is 12.5. The largest absolute Gasteiger partial charge is 0.454 e. The zero-order chi connectivity index (χ0) is 21.6. The van der Waals surface area contributed by atoms with Crippen LogP contribution in [0.4, 0.5) is 21.9 Å². The van der Waals surface area contributed by atoms with Crippen LogP contribution in [0.1, 0.15) is 6.92 Å². The summed E-state index contributed by atoms with van der Waals surface area (Å²) in [6.45, 7) is 2.03. The summed E-state index contributed by atoms with van der Waals surface area (Å²) in [5.41, 5.74) is 2.04. The van der Waals surface area contributed by atoms with E-state index in [1.54, 1.807) is 30.3 Å². The first-order valence-corrected chi connectivity index (χ1v) is 10.5. The van der Waals surface area contributed by atoms with E-state index in [1.165, 1.54) is 11.8 Å². The second-order valence-corrected chi connectivity index (χ2v) is 8.20. The van der Waals surface area contributed by atoms with Gasteiger partial charge in [-0.3, -0.25) is 4.79 Å². The fourth-order valence-corrected chi connectivity index (χ4v) is 3.78. The number of thioether (sulfide) groups is 1. The third-order valence-corrected chi connectivity index (χ3v) is 5.58. The number of carbonyl (C=O) groups is 2. The highest BCUT2D eigenvalue weighted by Crippen LogP contribution is 2.34. The summed E-state index contributed by atoms with van der Waals surface area (Å²) in [5.74, 6) is 1.18. The van der Waals surface area contributed by atoms with Gasteiger partial charge < -0.3 is 25.4 Å². The van der Waals surface area contributed by atoms with Crippen molar-refractivity contribution in [2.24, 2.45) is 0 Å². The van der Waals surface area contributed by atoms with Crippen LogP contribution in [0.15, 0.2) is 77.7 Å². The highest BCUT2D eigenvalue weighted by Gasteiger charge is 2.18. The van der Waals surface area contributed by atoms with Crippen molar-refractivity contribution >= 4 is 40.8 Å². The predicted molar refractivity (Wildman–Crippen MR) is 122 cm³/mol. The summed E-state index contributed by atoms with van der Waals surface area (Å²) in [7, 11) is 0. The number of nitrogens with one attached hydrogen (secondary N) is 3. The van der Waals surface area contributed by atoms with E-state index in [0.29, 0.717) is 22.9 Å². The minimum atomic E-state index is -0.317. The standard InChI is InChI=1S/C23H21N3O4S/c1-15(22(27)24-18-9-12-20-21(13-18)30-14-29-20)31-19-10-7-17(8-11-19)26-23(28)25-16-5-3-2-4-6-16/h2-13,15H,14H2,1H3,(H,24,27)(H2,25,26,28). The van der Waals surface area contributed by atoms with Gasteiger partial charge in [0.05, 0.1) is 5.25 Å². The number of benzene rings is 3. The van der Waals surface area contributed by atoms with Gasteiger partial charge in [-0.05, 0) is 55.5 Å². The fraction of sp³-hybridized carbons (Fsp3) is 0.130. The van der Waals surface area contributed by atoms with Gasteiger partial charge in [0.25, 0.3) is 0 Å². The Labute approximate surface area is 184 Å². The molecule has 0 saturated heterocycles. The molecule has 0 fully saturated rings. The van der Waals surface area contributed by atoms with E-state index < -0.39 is 0 Å². The number of hydrogen-bond donors (Lipinski definition) is 3. The molecule has 7 nitrogen and oxygen atoms in total. The van der Waals surface area contributed by atoms with Crippen LogP contribution in [0.5, 0.6) is 11.5 Å². The number of ether oxygens (including phenoxy) is 2. The van der Waals surface area contributed by atoms with Crippen molar-refractivity contribution in [1.29, 1.82) is 0 Å². The van der Waals surface area contributed by atoms with Gasteiger partial charge in [-0.15, -0.1) is 11.8 Å². The summed E-state index contributed by atoms with van der Waals surface area (Å²) < 4.78 is 10.6. The minimum absolute atomic E-state index is 0.117. The van der Waals surface area contributed by atoms with Crippen LogP contribution >= 0.6 is 11.8 Å². The number of rotatable bonds is 6. The highest BCUT2D eigenvalue weighted by atomic mass is 32.2. The Morgan fingerprint density at radius 3 is 2.19 bits per heavy atom. The van der Waals surface area contributed by atoms with Crippen LogP contribution in [0.2, 0.25) is 0 Å². The lowest BCUT2D eigenvalue weighted by molar-refractivity contribution is -0.115. The van der Waals surface area contributed by atoms with Crippen molar-refractivity contribution in [2.75, 3.05) is 22.7 Å². The molecule has 0 aromatic heterocycles. The molecule has 0 spiro atoms. The second-order valence-electron chi connectivity index (χ2n) is 6.79. The normalized spacial score (nSPS) is 12.7. The van der Waals surface area contributed by atoms with E-state index in [4.69, 9.17) is 9.47 Å². The number of urea groups is 1. The number of carbonyl (C=O) groups excluding carboxylic acids is 2. The van der Waals surface area contributed by atoms with Gasteiger partial charge in [-0.2, -0.15) is 0 Å². The Morgan fingerprint density at radius 1 is 0.806 bits per heavy atom. The van der Waals surface area contributed by atoms with Crippen molar-refractivity contribution in [3.05, 3.63) is 72.8 Å².